The fourth-order valence-corrected chi connectivity index (χ4v) is 1.99. The molecule has 2 rings (SSSR count). The van der Waals surface area contributed by atoms with Gasteiger partial charge in [-0.05, 0) is 43.2 Å². The van der Waals surface area contributed by atoms with Crippen LogP contribution in [0.15, 0.2) is 47.6 Å². The normalized spacial score (nSPS) is 10.7. The smallest absolute Gasteiger partial charge is 0.277 e. The first-order valence-electron chi connectivity index (χ1n) is 6.82. The van der Waals surface area contributed by atoms with E-state index in [-0.39, 0.29) is 12.5 Å². The third-order valence-corrected chi connectivity index (χ3v) is 3.21. The SMILES string of the molecule is Cc1ccc(OCC(=O)N/N=C/c2ccc(Cl)cc2)c(C)c1. The number of aryl methyl sites for hydroxylation is 2. The van der Waals surface area contributed by atoms with Gasteiger partial charge in [-0.1, -0.05) is 41.4 Å². The largest absolute Gasteiger partial charge is 0.483 e. The minimum Gasteiger partial charge on any atom is -0.483 e. The van der Waals surface area contributed by atoms with Gasteiger partial charge in [0.1, 0.15) is 5.75 Å². The zero-order valence-corrected chi connectivity index (χ0v) is 13.2. The van der Waals surface area contributed by atoms with Gasteiger partial charge < -0.3 is 4.74 Å². The highest BCUT2D eigenvalue weighted by atomic mass is 35.5. The van der Waals surface area contributed by atoms with Crippen molar-refractivity contribution in [1.29, 1.82) is 0 Å². The Labute approximate surface area is 134 Å². The molecule has 0 aromatic heterocycles. The van der Waals surface area contributed by atoms with Crippen molar-refractivity contribution in [3.8, 4) is 5.75 Å². The van der Waals surface area contributed by atoms with Gasteiger partial charge >= 0.3 is 0 Å². The number of halogens is 1. The topological polar surface area (TPSA) is 50.7 Å². The van der Waals surface area contributed by atoms with Crippen molar-refractivity contribution in [3.05, 3.63) is 64.2 Å². The number of rotatable bonds is 5. The lowest BCUT2D eigenvalue weighted by Gasteiger charge is -2.08. The molecule has 0 bridgehead atoms. The van der Waals surface area contributed by atoms with Gasteiger partial charge in [0.15, 0.2) is 6.61 Å². The first-order valence-corrected chi connectivity index (χ1v) is 7.20. The zero-order chi connectivity index (χ0) is 15.9. The van der Waals surface area contributed by atoms with E-state index in [0.717, 1.165) is 16.7 Å². The standard InChI is InChI=1S/C17H17ClN2O2/c1-12-3-8-16(13(2)9-12)22-11-17(21)20-19-10-14-4-6-15(18)7-5-14/h3-10H,11H2,1-2H3,(H,20,21)/b19-10+. The summed E-state index contributed by atoms with van der Waals surface area (Å²) in [5, 5.41) is 4.53. The van der Waals surface area contributed by atoms with E-state index in [2.05, 4.69) is 10.5 Å². The second-order valence-corrected chi connectivity index (χ2v) is 5.34. The van der Waals surface area contributed by atoms with Crippen molar-refractivity contribution < 1.29 is 9.53 Å². The molecular weight excluding hydrogens is 300 g/mol. The van der Waals surface area contributed by atoms with Crippen LogP contribution in [0, 0.1) is 13.8 Å². The number of carbonyl (C=O) groups is 1. The molecule has 1 amide bonds. The summed E-state index contributed by atoms with van der Waals surface area (Å²) in [5.74, 6) is 0.382. The van der Waals surface area contributed by atoms with Gasteiger partial charge in [-0.15, -0.1) is 0 Å². The van der Waals surface area contributed by atoms with Crippen LogP contribution < -0.4 is 10.2 Å². The van der Waals surface area contributed by atoms with Crippen LogP contribution in [0.5, 0.6) is 5.75 Å². The molecule has 0 aliphatic carbocycles. The molecule has 0 aliphatic rings. The molecule has 0 spiro atoms. The Bertz CT molecular complexity index is 682. The molecule has 0 atom stereocenters. The van der Waals surface area contributed by atoms with Crippen LogP contribution in [0.4, 0.5) is 0 Å². The monoisotopic (exact) mass is 316 g/mol. The van der Waals surface area contributed by atoms with Gasteiger partial charge in [-0.25, -0.2) is 5.43 Å². The summed E-state index contributed by atoms with van der Waals surface area (Å²) in [6.45, 7) is 3.87. The zero-order valence-electron chi connectivity index (χ0n) is 12.5. The fourth-order valence-electron chi connectivity index (χ4n) is 1.86. The molecule has 114 valence electrons. The van der Waals surface area contributed by atoms with E-state index in [1.54, 1.807) is 18.3 Å². The molecule has 2 aromatic carbocycles. The highest BCUT2D eigenvalue weighted by molar-refractivity contribution is 6.30. The summed E-state index contributed by atoms with van der Waals surface area (Å²) < 4.78 is 5.47. The van der Waals surface area contributed by atoms with Crippen LogP contribution in [0.3, 0.4) is 0 Å². The summed E-state index contributed by atoms with van der Waals surface area (Å²) in [7, 11) is 0. The lowest BCUT2D eigenvalue weighted by atomic mass is 10.1. The van der Waals surface area contributed by atoms with Gasteiger partial charge in [0, 0.05) is 5.02 Å². The Morgan fingerprint density at radius 2 is 1.95 bits per heavy atom. The number of nitrogens with one attached hydrogen (secondary N) is 1. The van der Waals surface area contributed by atoms with E-state index in [0.29, 0.717) is 10.8 Å². The summed E-state index contributed by atoms with van der Waals surface area (Å²) >= 11 is 5.79. The molecule has 0 fully saturated rings. The van der Waals surface area contributed by atoms with E-state index in [9.17, 15) is 4.79 Å². The Hall–Kier alpha value is -2.33. The predicted octanol–water partition coefficient (Wildman–Crippen LogP) is 3.49. The van der Waals surface area contributed by atoms with E-state index in [1.165, 1.54) is 0 Å². The third-order valence-electron chi connectivity index (χ3n) is 2.96. The minimum absolute atomic E-state index is 0.0815. The number of hydrogen-bond donors (Lipinski definition) is 1. The number of amides is 1. The molecule has 0 aliphatic heterocycles. The summed E-state index contributed by atoms with van der Waals surface area (Å²) in [6, 6.07) is 12.9. The van der Waals surface area contributed by atoms with Gasteiger partial charge in [0.05, 0.1) is 6.21 Å². The number of hydrazone groups is 1. The van der Waals surface area contributed by atoms with E-state index in [4.69, 9.17) is 16.3 Å². The second kappa shape index (κ2) is 7.61. The number of ether oxygens (including phenoxy) is 1. The number of benzene rings is 2. The van der Waals surface area contributed by atoms with Crippen LogP contribution in [0.2, 0.25) is 5.02 Å². The molecule has 5 heteroatoms. The van der Waals surface area contributed by atoms with Gasteiger partial charge in [-0.3, -0.25) is 4.79 Å². The molecule has 1 N–H and O–H groups in total. The summed E-state index contributed by atoms with van der Waals surface area (Å²) in [5.41, 5.74) is 5.42. The predicted molar refractivity (Wildman–Crippen MR) is 88.6 cm³/mol. The summed E-state index contributed by atoms with van der Waals surface area (Å²) in [4.78, 5) is 11.7. The maximum absolute atomic E-state index is 11.7. The van der Waals surface area contributed by atoms with Crippen molar-refractivity contribution in [3.63, 3.8) is 0 Å². The lowest BCUT2D eigenvalue weighted by molar-refractivity contribution is -0.123. The average molecular weight is 317 g/mol. The van der Waals surface area contributed by atoms with Gasteiger partial charge in [-0.2, -0.15) is 5.10 Å². The van der Waals surface area contributed by atoms with Crippen LogP contribution >= 0.6 is 11.6 Å². The lowest BCUT2D eigenvalue weighted by Crippen LogP contribution is -2.24. The molecule has 22 heavy (non-hydrogen) atoms. The van der Waals surface area contributed by atoms with E-state index in [1.807, 2.05) is 44.2 Å². The summed E-state index contributed by atoms with van der Waals surface area (Å²) in [6.07, 6.45) is 1.55. The van der Waals surface area contributed by atoms with Crippen molar-refractivity contribution in [2.45, 2.75) is 13.8 Å². The van der Waals surface area contributed by atoms with Crippen LogP contribution in [-0.2, 0) is 4.79 Å². The van der Waals surface area contributed by atoms with Crippen LogP contribution in [-0.4, -0.2) is 18.7 Å². The second-order valence-electron chi connectivity index (χ2n) is 4.90. The van der Waals surface area contributed by atoms with Crippen molar-refractivity contribution in [2.24, 2.45) is 5.10 Å². The Morgan fingerprint density at radius 1 is 1.23 bits per heavy atom. The molecule has 0 heterocycles. The maximum atomic E-state index is 11.7. The first-order chi connectivity index (χ1) is 10.5. The number of nitrogens with zero attached hydrogens (tertiary/aromatic N) is 1. The molecule has 0 unspecified atom stereocenters. The van der Waals surface area contributed by atoms with Crippen molar-refractivity contribution in [1.82, 2.24) is 5.43 Å². The van der Waals surface area contributed by atoms with E-state index >= 15 is 0 Å². The molecule has 0 saturated carbocycles. The number of carbonyl (C=O) groups excluding carboxylic acids is 1. The van der Waals surface area contributed by atoms with Gasteiger partial charge in [0.2, 0.25) is 0 Å². The minimum atomic E-state index is -0.315. The Balaban J connectivity index is 1.81. The number of hydrogen-bond acceptors (Lipinski definition) is 3. The van der Waals surface area contributed by atoms with Crippen molar-refractivity contribution >= 4 is 23.7 Å². The van der Waals surface area contributed by atoms with E-state index < -0.39 is 0 Å². The van der Waals surface area contributed by atoms with Crippen LogP contribution in [0.25, 0.3) is 0 Å². The molecule has 0 radical (unpaired) electrons. The van der Waals surface area contributed by atoms with Crippen molar-refractivity contribution in [2.75, 3.05) is 6.61 Å². The Morgan fingerprint density at radius 3 is 2.64 bits per heavy atom. The maximum Gasteiger partial charge on any atom is 0.277 e. The quantitative estimate of drug-likeness (QED) is 0.678. The first kappa shape index (κ1) is 16.0. The highest BCUT2D eigenvalue weighted by Crippen LogP contribution is 2.18. The molecule has 0 saturated heterocycles. The molecule has 4 nitrogen and oxygen atoms in total. The van der Waals surface area contributed by atoms with Crippen LogP contribution in [0.1, 0.15) is 16.7 Å². The Kier molecular flexibility index (Phi) is 5.55. The third kappa shape index (κ3) is 4.90. The fraction of sp³-hybridized carbons (Fsp3) is 0.176. The highest BCUT2D eigenvalue weighted by Gasteiger charge is 2.04. The molecular formula is C17H17ClN2O2. The van der Waals surface area contributed by atoms with Gasteiger partial charge in [0.25, 0.3) is 5.91 Å². The average Bonchev–Trinajstić information content (AvgIpc) is 2.48. The molecule has 2 aromatic rings.